The van der Waals surface area contributed by atoms with Crippen LogP contribution in [0.2, 0.25) is 0 Å². The number of benzene rings is 1. The Bertz CT molecular complexity index is 346. The van der Waals surface area contributed by atoms with Crippen molar-refractivity contribution in [2.24, 2.45) is 5.73 Å². The molecule has 3 heteroatoms. The van der Waals surface area contributed by atoms with E-state index in [-0.39, 0.29) is 0 Å². The van der Waals surface area contributed by atoms with Gasteiger partial charge in [0.25, 0.3) is 0 Å². The van der Waals surface area contributed by atoms with Gasteiger partial charge in [-0.05, 0) is 36.8 Å². The van der Waals surface area contributed by atoms with Gasteiger partial charge in [-0.1, -0.05) is 37.6 Å². The summed E-state index contributed by atoms with van der Waals surface area (Å²) in [4.78, 5) is 10.5. The minimum absolute atomic E-state index is 0.534. The van der Waals surface area contributed by atoms with Gasteiger partial charge >= 0.3 is 5.97 Å². The molecular weight excluding hydrogens is 214 g/mol. The Balaban J connectivity index is 2.34. The van der Waals surface area contributed by atoms with E-state index in [1.54, 1.807) is 0 Å². The van der Waals surface area contributed by atoms with Crippen LogP contribution in [0.4, 0.5) is 0 Å². The van der Waals surface area contributed by atoms with Gasteiger partial charge in [0.05, 0.1) is 0 Å². The summed E-state index contributed by atoms with van der Waals surface area (Å²) in [6, 6.07) is 7.81. The van der Waals surface area contributed by atoms with Gasteiger partial charge in [0.15, 0.2) is 0 Å². The summed E-state index contributed by atoms with van der Waals surface area (Å²) < 4.78 is 0. The average Bonchev–Trinajstić information content (AvgIpc) is 2.31. The molecular formula is C14H21NO2. The molecule has 0 fully saturated rings. The minimum Gasteiger partial charge on any atom is -0.480 e. The van der Waals surface area contributed by atoms with E-state index >= 15 is 0 Å². The summed E-state index contributed by atoms with van der Waals surface area (Å²) in [5.41, 5.74) is 8.06. The highest BCUT2D eigenvalue weighted by Crippen LogP contribution is 2.10. The number of aryl methyl sites for hydroxylation is 2. The SMILES string of the molecule is CCCc1ccc(CCCC(N)C(=O)O)cc1. The molecule has 1 rings (SSSR count). The quantitative estimate of drug-likeness (QED) is 0.762. The van der Waals surface area contributed by atoms with Gasteiger partial charge in [0.1, 0.15) is 6.04 Å². The number of carboxylic acid groups (broad SMARTS) is 1. The van der Waals surface area contributed by atoms with Crippen molar-refractivity contribution in [3.63, 3.8) is 0 Å². The Morgan fingerprint density at radius 3 is 2.24 bits per heavy atom. The van der Waals surface area contributed by atoms with E-state index in [1.165, 1.54) is 11.1 Å². The van der Waals surface area contributed by atoms with Crippen LogP contribution >= 0.6 is 0 Å². The molecule has 0 spiro atoms. The molecule has 0 radical (unpaired) electrons. The third kappa shape index (κ3) is 5.00. The lowest BCUT2D eigenvalue weighted by Crippen LogP contribution is -2.29. The van der Waals surface area contributed by atoms with Gasteiger partial charge < -0.3 is 10.8 Å². The number of carbonyl (C=O) groups is 1. The zero-order valence-corrected chi connectivity index (χ0v) is 10.4. The molecule has 1 aromatic rings. The second-order valence-electron chi connectivity index (χ2n) is 4.40. The highest BCUT2D eigenvalue weighted by atomic mass is 16.4. The first-order valence-electron chi connectivity index (χ1n) is 6.19. The first-order valence-corrected chi connectivity index (χ1v) is 6.19. The average molecular weight is 235 g/mol. The van der Waals surface area contributed by atoms with E-state index in [9.17, 15) is 4.79 Å². The molecule has 1 unspecified atom stereocenters. The minimum atomic E-state index is -0.914. The van der Waals surface area contributed by atoms with E-state index in [0.29, 0.717) is 6.42 Å². The van der Waals surface area contributed by atoms with Gasteiger partial charge in [-0.2, -0.15) is 0 Å². The van der Waals surface area contributed by atoms with Crippen LogP contribution in [0.1, 0.15) is 37.3 Å². The number of hydrogen-bond acceptors (Lipinski definition) is 2. The number of rotatable bonds is 7. The maximum Gasteiger partial charge on any atom is 0.320 e. The molecule has 17 heavy (non-hydrogen) atoms. The molecule has 0 aliphatic rings. The molecule has 0 saturated carbocycles. The van der Waals surface area contributed by atoms with Gasteiger partial charge in [-0.15, -0.1) is 0 Å². The normalized spacial score (nSPS) is 12.4. The van der Waals surface area contributed by atoms with Crippen molar-refractivity contribution in [1.29, 1.82) is 0 Å². The van der Waals surface area contributed by atoms with E-state index in [0.717, 1.165) is 25.7 Å². The van der Waals surface area contributed by atoms with Gasteiger partial charge in [-0.3, -0.25) is 4.79 Å². The fraction of sp³-hybridized carbons (Fsp3) is 0.500. The lowest BCUT2D eigenvalue weighted by atomic mass is 10.0. The number of nitrogens with two attached hydrogens (primary N) is 1. The van der Waals surface area contributed by atoms with Crippen LogP contribution < -0.4 is 5.73 Å². The summed E-state index contributed by atoms with van der Waals surface area (Å²) in [6.07, 6.45) is 4.52. The van der Waals surface area contributed by atoms with Gasteiger partial charge in [0.2, 0.25) is 0 Å². The van der Waals surface area contributed by atoms with Crippen LogP contribution in [-0.2, 0) is 17.6 Å². The first kappa shape index (κ1) is 13.7. The largest absolute Gasteiger partial charge is 0.480 e. The fourth-order valence-electron chi connectivity index (χ4n) is 1.81. The van der Waals surface area contributed by atoms with Crippen LogP contribution in [0, 0.1) is 0 Å². The lowest BCUT2D eigenvalue weighted by molar-refractivity contribution is -0.138. The number of carboxylic acids is 1. The Labute approximate surface area is 103 Å². The molecule has 3 N–H and O–H groups in total. The highest BCUT2D eigenvalue weighted by molar-refractivity contribution is 5.72. The molecule has 0 aromatic heterocycles. The Kier molecular flexibility index (Phi) is 5.70. The summed E-state index contributed by atoms with van der Waals surface area (Å²) in [5, 5.41) is 8.65. The first-order chi connectivity index (χ1) is 8.13. The third-order valence-electron chi connectivity index (χ3n) is 2.86. The van der Waals surface area contributed by atoms with Crippen molar-refractivity contribution in [2.75, 3.05) is 0 Å². The van der Waals surface area contributed by atoms with Crippen LogP contribution in [0.3, 0.4) is 0 Å². The summed E-state index contributed by atoms with van der Waals surface area (Å²) in [6.45, 7) is 2.17. The topological polar surface area (TPSA) is 63.3 Å². The second kappa shape index (κ2) is 7.07. The van der Waals surface area contributed by atoms with Crippen LogP contribution in [-0.4, -0.2) is 17.1 Å². The molecule has 1 atom stereocenters. The van der Waals surface area contributed by atoms with Crippen LogP contribution in [0.5, 0.6) is 0 Å². The smallest absolute Gasteiger partial charge is 0.320 e. The summed E-state index contributed by atoms with van der Waals surface area (Å²) in [5.74, 6) is -0.914. The molecule has 0 saturated heterocycles. The molecule has 0 aliphatic carbocycles. The van der Waals surface area contributed by atoms with E-state index < -0.39 is 12.0 Å². The Hall–Kier alpha value is -1.35. The van der Waals surface area contributed by atoms with Crippen molar-refractivity contribution in [3.05, 3.63) is 35.4 Å². The fourth-order valence-corrected chi connectivity index (χ4v) is 1.81. The zero-order chi connectivity index (χ0) is 12.7. The van der Waals surface area contributed by atoms with E-state index in [4.69, 9.17) is 10.8 Å². The van der Waals surface area contributed by atoms with Crippen LogP contribution in [0.25, 0.3) is 0 Å². The van der Waals surface area contributed by atoms with E-state index in [1.807, 2.05) is 0 Å². The molecule has 0 amide bonds. The van der Waals surface area contributed by atoms with Crippen molar-refractivity contribution in [3.8, 4) is 0 Å². The van der Waals surface area contributed by atoms with Crippen LogP contribution in [0.15, 0.2) is 24.3 Å². The Morgan fingerprint density at radius 1 is 1.24 bits per heavy atom. The molecule has 3 nitrogen and oxygen atoms in total. The zero-order valence-electron chi connectivity index (χ0n) is 10.4. The second-order valence-corrected chi connectivity index (χ2v) is 4.40. The molecule has 0 aliphatic heterocycles. The summed E-state index contributed by atoms with van der Waals surface area (Å²) >= 11 is 0. The van der Waals surface area contributed by atoms with Crippen molar-refractivity contribution in [1.82, 2.24) is 0 Å². The monoisotopic (exact) mass is 235 g/mol. The molecule has 0 bridgehead atoms. The standard InChI is InChI=1S/C14H21NO2/c1-2-4-11-7-9-12(10-8-11)5-3-6-13(15)14(16)17/h7-10,13H,2-6,15H2,1H3,(H,16,17). The number of aliphatic carboxylic acids is 1. The molecule has 94 valence electrons. The van der Waals surface area contributed by atoms with Crippen molar-refractivity contribution in [2.45, 2.75) is 45.1 Å². The third-order valence-corrected chi connectivity index (χ3v) is 2.86. The van der Waals surface area contributed by atoms with Gasteiger partial charge in [0, 0.05) is 0 Å². The molecule has 0 heterocycles. The Morgan fingerprint density at radius 2 is 1.76 bits per heavy atom. The predicted molar refractivity (Wildman–Crippen MR) is 69.0 cm³/mol. The molecule has 1 aromatic carbocycles. The summed E-state index contributed by atoms with van der Waals surface area (Å²) in [7, 11) is 0. The maximum absolute atomic E-state index is 10.5. The maximum atomic E-state index is 10.5. The lowest BCUT2D eigenvalue weighted by Gasteiger charge is -2.06. The van der Waals surface area contributed by atoms with E-state index in [2.05, 4.69) is 31.2 Å². The van der Waals surface area contributed by atoms with Crippen molar-refractivity contribution >= 4 is 5.97 Å². The number of hydrogen-bond donors (Lipinski definition) is 2. The highest BCUT2D eigenvalue weighted by Gasteiger charge is 2.10. The van der Waals surface area contributed by atoms with Crippen molar-refractivity contribution < 1.29 is 9.90 Å². The van der Waals surface area contributed by atoms with Gasteiger partial charge in [-0.25, -0.2) is 0 Å². The predicted octanol–water partition coefficient (Wildman–Crippen LogP) is 2.37.